The monoisotopic (exact) mass is 360 g/mol. The van der Waals surface area contributed by atoms with Gasteiger partial charge in [-0.25, -0.2) is 0 Å². The molecule has 0 aromatic heterocycles. The molecule has 0 amide bonds. The van der Waals surface area contributed by atoms with Crippen LogP contribution in [0.2, 0.25) is 18.6 Å². The van der Waals surface area contributed by atoms with Crippen LogP contribution in [-0.4, -0.2) is 60.3 Å². The first-order valence-electron chi connectivity index (χ1n) is 9.60. The summed E-state index contributed by atoms with van der Waals surface area (Å²) in [5, 5.41) is 38.9. The summed E-state index contributed by atoms with van der Waals surface area (Å²) in [4.78, 5) is 0. The number of hydrogen-bond acceptors (Lipinski definition) is 5. The molecule has 0 saturated heterocycles. The third-order valence-electron chi connectivity index (χ3n) is 6.43. The molecule has 2 aliphatic rings. The Kier molecular flexibility index (Phi) is 7.71. The number of aliphatic hydroxyl groups is 4. The van der Waals surface area contributed by atoms with Crippen molar-refractivity contribution < 1.29 is 24.9 Å². The minimum Gasteiger partial charge on any atom is -0.420 e. The lowest BCUT2D eigenvalue weighted by Gasteiger charge is -2.34. The van der Waals surface area contributed by atoms with Crippen molar-refractivity contribution in [3.63, 3.8) is 0 Å². The maximum absolute atomic E-state index is 9.84. The van der Waals surface area contributed by atoms with Gasteiger partial charge in [0.2, 0.25) is 0 Å². The standard InChI is InChI=1S/C18H36O5Si/c1-23-24(2,9-7-13-3-5-15(19)17(21)11-13)10-8-14-4-6-16(20)18(22)12-14/h13-22H,3-12H2,1-2H3. The van der Waals surface area contributed by atoms with E-state index in [9.17, 15) is 20.4 Å². The van der Waals surface area contributed by atoms with Crippen LogP contribution in [0.5, 0.6) is 0 Å². The summed E-state index contributed by atoms with van der Waals surface area (Å²) in [6.07, 6.45) is 4.78. The van der Waals surface area contributed by atoms with Crippen LogP contribution < -0.4 is 0 Å². The van der Waals surface area contributed by atoms with E-state index in [-0.39, 0.29) is 0 Å². The van der Waals surface area contributed by atoms with Crippen LogP contribution in [0.25, 0.3) is 0 Å². The Hall–Kier alpha value is 0.0169. The smallest absolute Gasteiger partial charge is 0.189 e. The third kappa shape index (κ3) is 5.78. The molecule has 5 nitrogen and oxygen atoms in total. The van der Waals surface area contributed by atoms with Gasteiger partial charge in [0.15, 0.2) is 8.32 Å². The molecule has 0 aromatic carbocycles. The summed E-state index contributed by atoms with van der Waals surface area (Å²) >= 11 is 0. The molecule has 0 heterocycles. The van der Waals surface area contributed by atoms with Crippen LogP contribution >= 0.6 is 0 Å². The van der Waals surface area contributed by atoms with E-state index in [0.717, 1.165) is 37.8 Å². The van der Waals surface area contributed by atoms with Crippen molar-refractivity contribution in [2.45, 2.75) is 94.4 Å². The van der Waals surface area contributed by atoms with Crippen LogP contribution in [0, 0.1) is 11.8 Å². The molecule has 0 aliphatic heterocycles. The average Bonchev–Trinajstić information content (AvgIpc) is 2.57. The summed E-state index contributed by atoms with van der Waals surface area (Å²) < 4.78 is 5.93. The maximum atomic E-state index is 9.84. The molecule has 6 heteroatoms. The quantitative estimate of drug-likeness (QED) is 0.522. The number of hydrogen-bond donors (Lipinski definition) is 4. The zero-order chi connectivity index (χ0) is 17.7. The molecule has 2 fully saturated rings. The first-order valence-corrected chi connectivity index (χ1v) is 12.4. The van der Waals surface area contributed by atoms with Gasteiger partial charge in [-0.1, -0.05) is 12.8 Å². The highest BCUT2D eigenvalue weighted by Crippen LogP contribution is 2.35. The Morgan fingerprint density at radius 1 is 0.750 bits per heavy atom. The van der Waals surface area contributed by atoms with Crippen LogP contribution in [0.4, 0.5) is 0 Å². The minimum absolute atomic E-state index is 0.497. The summed E-state index contributed by atoms with van der Waals surface area (Å²) in [6, 6.07) is 2.18. The van der Waals surface area contributed by atoms with Crippen molar-refractivity contribution in [3.05, 3.63) is 0 Å². The first kappa shape index (κ1) is 20.3. The molecule has 0 radical (unpaired) electrons. The third-order valence-corrected chi connectivity index (χ3v) is 10.1. The predicted octanol–water partition coefficient (Wildman–Crippen LogP) is 2.03. The molecule has 142 valence electrons. The van der Waals surface area contributed by atoms with Gasteiger partial charge in [0.25, 0.3) is 0 Å². The molecule has 0 bridgehead atoms. The van der Waals surface area contributed by atoms with Crippen molar-refractivity contribution in [3.8, 4) is 0 Å². The second-order valence-corrected chi connectivity index (χ2v) is 12.7. The summed E-state index contributed by atoms with van der Waals surface area (Å²) in [5.41, 5.74) is 0. The topological polar surface area (TPSA) is 90.2 Å². The lowest BCUT2D eigenvalue weighted by atomic mass is 9.84. The normalized spacial score (nSPS) is 40.2. The van der Waals surface area contributed by atoms with Gasteiger partial charge in [-0.05, 0) is 69.0 Å². The Morgan fingerprint density at radius 3 is 1.50 bits per heavy atom. The van der Waals surface area contributed by atoms with Gasteiger partial charge in [-0.2, -0.15) is 0 Å². The van der Waals surface area contributed by atoms with Gasteiger partial charge in [-0.3, -0.25) is 0 Å². The van der Waals surface area contributed by atoms with Gasteiger partial charge >= 0.3 is 0 Å². The van der Waals surface area contributed by atoms with Crippen LogP contribution in [-0.2, 0) is 4.43 Å². The Bertz CT molecular complexity index is 350. The van der Waals surface area contributed by atoms with Crippen molar-refractivity contribution in [2.75, 3.05) is 7.11 Å². The fourth-order valence-corrected chi connectivity index (χ4v) is 7.00. The van der Waals surface area contributed by atoms with E-state index in [1.807, 2.05) is 7.11 Å². The van der Waals surface area contributed by atoms with Gasteiger partial charge in [0.1, 0.15) is 0 Å². The van der Waals surface area contributed by atoms with Crippen molar-refractivity contribution >= 4 is 8.32 Å². The fourth-order valence-electron chi connectivity index (χ4n) is 4.30. The summed E-state index contributed by atoms with van der Waals surface area (Å²) in [7, 11) is 0.0670. The highest BCUT2D eigenvalue weighted by atomic mass is 28.4. The summed E-state index contributed by atoms with van der Waals surface area (Å²) in [6.45, 7) is 2.29. The van der Waals surface area contributed by atoms with E-state index in [0.29, 0.717) is 37.5 Å². The zero-order valence-electron chi connectivity index (χ0n) is 15.2. The summed E-state index contributed by atoms with van der Waals surface area (Å²) in [5.74, 6) is 0.994. The molecule has 2 aliphatic carbocycles. The molecule has 4 N–H and O–H groups in total. The molecule has 6 unspecified atom stereocenters. The van der Waals surface area contributed by atoms with Crippen molar-refractivity contribution in [1.29, 1.82) is 0 Å². The van der Waals surface area contributed by atoms with E-state index >= 15 is 0 Å². The second-order valence-electron chi connectivity index (χ2n) is 8.36. The van der Waals surface area contributed by atoms with E-state index in [1.54, 1.807) is 0 Å². The lowest BCUT2D eigenvalue weighted by molar-refractivity contribution is -0.0263. The van der Waals surface area contributed by atoms with Crippen molar-refractivity contribution in [1.82, 2.24) is 0 Å². The highest BCUT2D eigenvalue weighted by molar-refractivity contribution is 6.72. The molecular weight excluding hydrogens is 324 g/mol. The van der Waals surface area contributed by atoms with Crippen LogP contribution in [0.1, 0.15) is 51.4 Å². The zero-order valence-corrected chi connectivity index (χ0v) is 16.2. The van der Waals surface area contributed by atoms with E-state index in [1.165, 1.54) is 0 Å². The van der Waals surface area contributed by atoms with Crippen molar-refractivity contribution in [2.24, 2.45) is 11.8 Å². The Morgan fingerprint density at radius 2 is 1.17 bits per heavy atom. The highest BCUT2D eigenvalue weighted by Gasteiger charge is 2.34. The average molecular weight is 361 g/mol. The Labute approximate surface area is 147 Å². The Balaban J connectivity index is 1.74. The van der Waals surface area contributed by atoms with Crippen LogP contribution in [0.3, 0.4) is 0 Å². The van der Waals surface area contributed by atoms with Gasteiger partial charge < -0.3 is 24.9 Å². The fraction of sp³-hybridized carbons (Fsp3) is 1.00. The largest absolute Gasteiger partial charge is 0.420 e. The second kappa shape index (κ2) is 9.10. The van der Waals surface area contributed by atoms with Crippen LogP contribution in [0.15, 0.2) is 0 Å². The molecule has 6 atom stereocenters. The molecule has 2 rings (SSSR count). The predicted molar refractivity (Wildman–Crippen MR) is 96.2 cm³/mol. The van der Waals surface area contributed by atoms with Gasteiger partial charge in [-0.15, -0.1) is 0 Å². The van der Waals surface area contributed by atoms with E-state index in [4.69, 9.17) is 4.43 Å². The van der Waals surface area contributed by atoms with Gasteiger partial charge in [0.05, 0.1) is 24.4 Å². The SMILES string of the molecule is CO[Si](C)(CCC1CCC(O)C(O)C1)CCC1CCC(O)C(O)C1. The lowest BCUT2D eigenvalue weighted by Crippen LogP contribution is -2.38. The molecule has 0 aromatic rings. The molecular formula is C18H36O5Si. The number of aliphatic hydroxyl groups excluding tert-OH is 4. The van der Waals surface area contributed by atoms with E-state index in [2.05, 4.69) is 6.55 Å². The molecule has 2 saturated carbocycles. The minimum atomic E-state index is -1.76. The van der Waals surface area contributed by atoms with E-state index < -0.39 is 32.7 Å². The number of rotatable bonds is 7. The first-order chi connectivity index (χ1) is 11.3. The molecule has 0 spiro atoms. The maximum Gasteiger partial charge on any atom is 0.189 e. The molecule has 24 heavy (non-hydrogen) atoms. The van der Waals surface area contributed by atoms with Gasteiger partial charge in [0, 0.05) is 7.11 Å².